The standard InChI is InChI=1S/C19H37FN2/c1-18(2,13-16-5-9-21-10-6-16)15-19(3,4)14-17-7-11-22(20)12-8-17/h16-17,21H,5-15H2,1-4H3. The molecule has 2 aliphatic rings. The van der Waals surface area contributed by atoms with Crippen molar-refractivity contribution in [2.24, 2.45) is 22.7 Å². The van der Waals surface area contributed by atoms with Crippen LogP contribution in [0.3, 0.4) is 0 Å². The predicted molar refractivity (Wildman–Crippen MR) is 92.4 cm³/mol. The smallest absolute Gasteiger partial charge is 0.0293 e. The minimum Gasteiger partial charge on any atom is -0.317 e. The SMILES string of the molecule is CC(C)(CC1CCNCC1)CC(C)(C)CC1CCN(F)CC1. The minimum absolute atomic E-state index is 0.375. The van der Waals surface area contributed by atoms with Crippen LogP contribution >= 0.6 is 0 Å². The summed E-state index contributed by atoms with van der Waals surface area (Å²) in [5.41, 5.74) is 0.797. The number of hydrogen-bond acceptors (Lipinski definition) is 2. The van der Waals surface area contributed by atoms with Crippen molar-refractivity contribution in [3.05, 3.63) is 0 Å². The number of halogens is 1. The summed E-state index contributed by atoms with van der Waals surface area (Å²) in [4.78, 5) is 0. The van der Waals surface area contributed by atoms with E-state index in [0.29, 0.717) is 23.9 Å². The first-order valence-electron chi connectivity index (χ1n) is 9.37. The van der Waals surface area contributed by atoms with Gasteiger partial charge in [-0.2, -0.15) is 0 Å². The molecule has 0 aromatic carbocycles. The normalized spacial score (nSPS) is 23.9. The molecule has 3 heteroatoms. The van der Waals surface area contributed by atoms with E-state index >= 15 is 0 Å². The van der Waals surface area contributed by atoms with Crippen LogP contribution in [0.5, 0.6) is 0 Å². The van der Waals surface area contributed by atoms with Crippen molar-refractivity contribution in [1.82, 2.24) is 10.4 Å². The number of nitrogens with zero attached hydrogens (tertiary/aromatic N) is 1. The summed E-state index contributed by atoms with van der Waals surface area (Å²) in [5, 5.41) is 4.46. The van der Waals surface area contributed by atoms with Gasteiger partial charge in [0, 0.05) is 13.1 Å². The molecule has 2 saturated heterocycles. The van der Waals surface area contributed by atoms with E-state index in [1.54, 1.807) is 0 Å². The van der Waals surface area contributed by atoms with Crippen molar-refractivity contribution in [2.75, 3.05) is 26.2 Å². The quantitative estimate of drug-likeness (QED) is 0.708. The van der Waals surface area contributed by atoms with Gasteiger partial charge in [0.2, 0.25) is 0 Å². The molecule has 0 atom stereocenters. The number of hydrogen-bond donors (Lipinski definition) is 1. The highest BCUT2D eigenvalue weighted by Crippen LogP contribution is 2.44. The van der Waals surface area contributed by atoms with Crippen LogP contribution in [0.2, 0.25) is 0 Å². The van der Waals surface area contributed by atoms with Gasteiger partial charge < -0.3 is 5.32 Å². The molecule has 0 aromatic rings. The highest BCUT2D eigenvalue weighted by atomic mass is 19.2. The molecule has 0 bridgehead atoms. The molecule has 0 aliphatic carbocycles. The predicted octanol–water partition coefficient (Wildman–Crippen LogP) is 4.81. The number of piperidine rings is 2. The van der Waals surface area contributed by atoms with Crippen LogP contribution in [-0.2, 0) is 0 Å². The second-order valence-electron chi connectivity index (χ2n) is 9.46. The van der Waals surface area contributed by atoms with E-state index in [-0.39, 0.29) is 0 Å². The van der Waals surface area contributed by atoms with Crippen molar-refractivity contribution in [1.29, 1.82) is 0 Å². The van der Waals surface area contributed by atoms with Gasteiger partial charge in [0.1, 0.15) is 0 Å². The Morgan fingerprint density at radius 2 is 1.32 bits per heavy atom. The maximum atomic E-state index is 13.1. The summed E-state index contributed by atoms with van der Waals surface area (Å²) in [6.45, 7) is 13.5. The van der Waals surface area contributed by atoms with Gasteiger partial charge in [-0.3, -0.25) is 0 Å². The van der Waals surface area contributed by atoms with Gasteiger partial charge in [-0.15, -0.1) is 9.60 Å². The fraction of sp³-hybridized carbons (Fsp3) is 1.00. The van der Waals surface area contributed by atoms with E-state index in [1.807, 2.05) is 0 Å². The van der Waals surface area contributed by atoms with Gasteiger partial charge in [0.15, 0.2) is 0 Å². The molecule has 0 amide bonds. The third-order valence-electron chi connectivity index (χ3n) is 5.66. The van der Waals surface area contributed by atoms with E-state index in [4.69, 9.17) is 0 Å². The fourth-order valence-electron chi connectivity index (χ4n) is 5.19. The third kappa shape index (κ3) is 6.16. The number of nitrogens with one attached hydrogen (secondary N) is 1. The van der Waals surface area contributed by atoms with Crippen LogP contribution in [0.15, 0.2) is 0 Å². The Morgan fingerprint density at radius 3 is 1.82 bits per heavy atom. The second kappa shape index (κ2) is 7.61. The van der Waals surface area contributed by atoms with E-state index in [2.05, 4.69) is 33.0 Å². The topological polar surface area (TPSA) is 15.3 Å². The first kappa shape index (κ1) is 18.2. The van der Waals surface area contributed by atoms with Gasteiger partial charge in [-0.05, 0) is 80.7 Å². The van der Waals surface area contributed by atoms with Gasteiger partial charge in [0.25, 0.3) is 0 Å². The molecule has 130 valence electrons. The van der Waals surface area contributed by atoms with E-state index in [9.17, 15) is 4.48 Å². The lowest BCUT2D eigenvalue weighted by atomic mass is 9.66. The van der Waals surface area contributed by atoms with Crippen LogP contribution in [0.25, 0.3) is 0 Å². The Kier molecular flexibility index (Phi) is 6.30. The molecule has 0 radical (unpaired) electrons. The molecule has 2 nitrogen and oxygen atoms in total. The molecule has 2 fully saturated rings. The Morgan fingerprint density at radius 1 is 0.864 bits per heavy atom. The molecule has 0 aromatic heterocycles. The monoisotopic (exact) mass is 312 g/mol. The van der Waals surface area contributed by atoms with Crippen molar-refractivity contribution in [3.63, 3.8) is 0 Å². The summed E-state index contributed by atoms with van der Waals surface area (Å²) in [7, 11) is 0. The number of rotatable bonds is 6. The lowest BCUT2D eigenvalue weighted by molar-refractivity contribution is -0.0170. The first-order valence-corrected chi connectivity index (χ1v) is 9.37. The summed E-state index contributed by atoms with van der Waals surface area (Å²) in [5.74, 6) is 1.62. The molecular weight excluding hydrogens is 275 g/mol. The molecule has 2 aliphatic heterocycles. The van der Waals surface area contributed by atoms with Gasteiger partial charge in [-0.25, -0.2) is 0 Å². The van der Waals surface area contributed by atoms with Crippen LogP contribution in [0.4, 0.5) is 4.48 Å². The van der Waals surface area contributed by atoms with Crippen LogP contribution in [0.1, 0.15) is 72.6 Å². The Labute approximate surface area is 137 Å². The van der Waals surface area contributed by atoms with Crippen LogP contribution < -0.4 is 5.32 Å². The second-order valence-corrected chi connectivity index (χ2v) is 9.46. The molecule has 1 N–H and O–H groups in total. The minimum atomic E-state index is 0.375. The lowest BCUT2D eigenvalue weighted by Gasteiger charge is -2.40. The average Bonchev–Trinajstić information content (AvgIpc) is 2.40. The van der Waals surface area contributed by atoms with E-state index in [0.717, 1.165) is 29.8 Å². The molecule has 2 rings (SSSR count). The molecule has 2 heterocycles. The summed E-state index contributed by atoms with van der Waals surface area (Å²) >= 11 is 0. The maximum Gasteiger partial charge on any atom is 0.0293 e. The van der Waals surface area contributed by atoms with Gasteiger partial charge in [-0.1, -0.05) is 27.7 Å². The molecule has 0 spiro atoms. The summed E-state index contributed by atoms with van der Waals surface area (Å²) in [6.07, 6.45) is 8.68. The molecule has 22 heavy (non-hydrogen) atoms. The van der Waals surface area contributed by atoms with Gasteiger partial charge >= 0.3 is 0 Å². The van der Waals surface area contributed by atoms with Crippen molar-refractivity contribution >= 4 is 0 Å². The fourth-order valence-corrected chi connectivity index (χ4v) is 5.19. The third-order valence-corrected chi connectivity index (χ3v) is 5.66. The van der Waals surface area contributed by atoms with E-state index < -0.39 is 0 Å². The van der Waals surface area contributed by atoms with E-state index in [1.165, 1.54) is 45.2 Å². The highest BCUT2D eigenvalue weighted by Gasteiger charge is 2.33. The van der Waals surface area contributed by atoms with Crippen molar-refractivity contribution < 1.29 is 4.48 Å². The molecule has 0 unspecified atom stereocenters. The lowest BCUT2D eigenvalue weighted by Crippen LogP contribution is -2.34. The average molecular weight is 313 g/mol. The maximum absolute atomic E-state index is 13.1. The van der Waals surface area contributed by atoms with Gasteiger partial charge in [0.05, 0.1) is 0 Å². The Hall–Kier alpha value is -0.150. The molecule has 0 saturated carbocycles. The van der Waals surface area contributed by atoms with Crippen LogP contribution in [0, 0.1) is 22.7 Å². The highest BCUT2D eigenvalue weighted by molar-refractivity contribution is 4.85. The van der Waals surface area contributed by atoms with Crippen LogP contribution in [-0.4, -0.2) is 31.3 Å². The zero-order chi connectivity index (χ0) is 16.2. The zero-order valence-electron chi connectivity index (χ0n) is 15.3. The van der Waals surface area contributed by atoms with Crippen molar-refractivity contribution in [2.45, 2.75) is 72.6 Å². The van der Waals surface area contributed by atoms with Crippen molar-refractivity contribution in [3.8, 4) is 0 Å². The Bertz CT molecular complexity index is 326. The summed E-state index contributed by atoms with van der Waals surface area (Å²) in [6, 6.07) is 0. The molecular formula is C19H37FN2. The first-order chi connectivity index (χ1) is 10.3. The Balaban J connectivity index is 1.80. The summed E-state index contributed by atoms with van der Waals surface area (Å²) < 4.78 is 13.1. The largest absolute Gasteiger partial charge is 0.317 e. The zero-order valence-corrected chi connectivity index (χ0v) is 15.3.